The van der Waals surface area contributed by atoms with Gasteiger partial charge in [0, 0.05) is 6.00 Å². The molecule has 2 aliphatic heterocycles. The second kappa shape index (κ2) is 2.95. The summed E-state index contributed by atoms with van der Waals surface area (Å²) in [6, 6.07) is -0.496. The highest BCUT2D eigenvalue weighted by Crippen LogP contribution is 2.37. The molecule has 72 valence electrons. The predicted molar refractivity (Wildman–Crippen MR) is 45.3 cm³/mol. The van der Waals surface area contributed by atoms with Gasteiger partial charge in [-0.25, -0.2) is 0 Å². The van der Waals surface area contributed by atoms with Crippen LogP contribution in [0.3, 0.4) is 0 Å². The second-order valence-electron chi connectivity index (χ2n) is 3.89. The molecule has 2 aliphatic rings. The molecule has 1 N–H and O–H groups in total. The van der Waals surface area contributed by atoms with Gasteiger partial charge in [-0.1, -0.05) is 0 Å². The summed E-state index contributed by atoms with van der Waals surface area (Å²) in [5.41, 5.74) is 0. The number of hydrogen-bond donors (Lipinski definition) is 1. The zero-order chi connectivity index (χ0) is 9.64. The monoisotopic (exact) mass is 184 g/mol. The van der Waals surface area contributed by atoms with E-state index in [0.29, 0.717) is 0 Å². The van der Waals surface area contributed by atoms with Crippen LogP contribution >= 0.6 is 0 Å². The maximum atomic E-state index is 8.98. The molecule has 0 amide bonds. The van der Waals surface area contributed by atoms with E-state index < -0.39 is 11.8 Å². The van der Waals surface area contributed by atoms with Crippen molar-refractivity contribution in [2.45, 2.75) is 43.9 Å². The number of rotatable bonds is 1. The van der Waals surface area contributed by atoms with E-state index in [0.717, 1.165) is 0 Å². The largest absolute Gasteiger partial charge is 0.394 e. The average Bonchev–Trinajstić information content (AvgIpc) is 2.47. The van der Waals surface area contributed by atoms with Crippen molar-refractivity contribution in [3.63, 3.8) is 0 Å². The first kappa shape index (κ1) is 9.46. The van der Waals surface area contributed by atoms with Crippen molar-refractivity contribution in [1.82, 2.24) is 0 Å². The van der Waals surface area contributed by atoms with E-state index in [2.05, 4.69) is 0 Å². The van der Waals surface area contributed by atoms with Crippen LogP contribution in [-0.2, 0) is 14.2 Å². The number of ether oxygens (including phenoxy) is 3. The van der Waals surface area contributed by atoms with Crippen LogP contribution in [0, 0.1) is 0 Å². The highest BCUT2D eigenvalue weighted by molar-refractivity contribution is 6.11. The van der Waals surface area contributed by atoms with E-state index in [-0.39, 0.29) is 24.9 Å². The van der Waals surface area contributed by atoms with E-state index in [9.17, 15) is 0 Å². The summed E-state index contributed by atoms with van der Waals surface area (Å²) in [6.45, 7) is 3.56. The van der Waals surface area contributed by atoms with Crippen LogP contribution in [0.15, 0.2) is 0 Å². The Labute approximate surface area is 78.6 Å². The maximum absolute atomic E-state index is 8.98. The van der Waals surface area contributed by atoms with Crippen LogP contribution in [0.5, 0.6) is 0 Å². The molecule has 0 aromatic rings. The van der Waals surface area contributed by atoms with Gasteiger partial charge in [0.05, 0.1) is 6.61 Å². The van der Waals surface area contributed by atoms with Gasteiger partial charge in [-0.15, -0.1) is 0 Å². The minimum absolute atomic E-state index is 0.0890. The standard InChI is InChI=1S/C8H13BO4/c1-8(2)12-5-4(3-10)11-7(9)6(5)13-8/h4-7,10H,3H2,1-2H3/t4-,5+,6?,7-/m1/s1. The molecule has 2 radical (unpaired) electrons. The number of fused-ring (bicyclic) bond motifs is 1. The number of aliphatic hydroxyl groups is 1. The van der Waals surface area contributed by atoms with E-state index in [4.69, 9.17) is 27.2 Å². The van der Waals surface area contributed by atoms with E-state index in [1.54, 1.807) is 0 Å². The molecule has 2 fully saturated rings. The third kappa shape index (κ3) is 1.50. The SMILES string of the molecule is [B][C@@H]1O[C@H](CO)[C@@H]2OC(C)(C)OC12. The summed E-state index contributed by atoms with van der Waals surface area (Å²) in [5, 5.41) is 8.98. The minimum atomic E-state index is -0.621. The van der Waals surface area contributed by atoms with Crippen LogP contribution in [0.1, 0.15) is 13.8 Å². The van der Waals surface area contributed by atoms with Gasteiger partial charge >= 0.3 is 0 Å². The van der Waals surface area contributed by atoms with Gasteiger partial charge in [-0.2, -0.15) is 0 Å². The number of aliphatic hydroxyl groups excluding tert-OH is 1. The molecule has 2 saturated heterocycles. The predicted octanol–water partition coefficient (Wildman–Crippen LogP) is -0.608. The Morgan fingerprint density at radius 3 is 2.54 bits per heavy atom. The van der Waals surface area contributed by atoms with Crippen LogP contribution < -0.4 is 0 Å². The molecule has 1 unspecified atom stereocenters. The topological polar surface area (TPSA) is 47.9 Å². The summed E-state index contributed by atoms with van der Waals surface area (Å²) in [7, 11) is 5.67. The number of hydrogen-bond acceptors (Lipinski definition) is 4. The fraction of sp³-hybridized carbons (Fsp3) is 1.00. The molecule has 0 aromatic carbocycles. The van der Waals surface area contributed by atoms with Crippen molar-refractivity contribution in [2.75, 3.05) is 6.61 Å². The van der Waals surface area contributed by atoms with Crippen molar-refractivity contribution in [3.05, 3.63) is 0 Å². The molecule has 13 heavy (non-hydrogen) atoms. The molecular weight excluding hydrogens is 171 g/mol. The smallest absolute Gasteiger partial charge is 0.163 e. The maximum Gasteiger partial charge on any atom is 0.163 e. The molecule has 5 heteroatoms. The zero-order valence-electron chi connectivity index (χ0n) is 7.77. The third-order valence-corrected chi connectivity index (χ3v) is 2.37. The first-order valence-corrected chi connectivity index (χ1v) is 4.41. The lowest BCUT2D eigenvalue weighted by Crippen LogP contribution is -2.31. The van der Waals surface area contributed by atoms with Gasteiger partial charge in [0.1, 0.15) is 26.2 Å². The fourth-order valence-corrected chi connectivity index (χ4v) is 1.86. The van der Waals surface area contributed by atoms with Crippen LogP contribution in [0.25, 0.3) is 0 Å². The van der Waals surface area contributed by atoms with Gasteiger partial charge in [-0.05, 0) is 13.8 Å². The molecule has 4 nitrogen and oxygen atoms in total. The highest BCUT2D eigenvalue weighted by atomic mass is 16.8. The van der Waals surface area contributed by atoms with Crippen LogP contribution in [0.2, 0.25) is 0 Å². The van der Waals surface area contributed by atoms with Gasteiger partial charge in [0.15, 0.2) is 5.79 Å². The highest BCUT2D eigenvalue weighted by Gasteiger charge is 2.52. The Hall–Kier alpha value is -0.0951. The fourth-order valence-electron chi connectivity index (χ4n) is 1.86. The summed E-state index contributed by atoms with van der Waals surface area (Å²) in [6.07, 6.45) is -0.857. The lowest BCUT2D eigenvalue weighted by Gasteiger charge is -2.22. The van der Waals surface area contributed by atoms with Crippen molar-refractivity contribution < 1.29 is 19.3 Å². The Morgan fingerprint density at radius 2 is 1.92 bits per heavy atom. The normalized spacial score (nSPS) is 47.9. The molecule has 0 spiro atoms. The molecule has 0 bridgehead atoms. The Morgan fingerprint density at radius 1 is 1.31 bits per heavy atom. The second-order valence-corrected chi connectivity index (χ2v) is 3.89. The van der Waals surface area contributed by atoms with Crippen LogP contribution in [-0.4, -0.2) is 49.7 Å². The summed E-state index contributed by atoms with van der Waals surface area (Å²) < 4.78 is 16.3. The zero-order valence-corrected chi connectivity index (χ0v) is 7.77. The quantitative estimate of drug-likeness (QED) is 0.552. The molecule has 0 aromatic heterocycles. The van der Waals surface area contributed by atoms with Gasteiger partial charge in [0.25, 0.3) is 0 Å². The summed E-state index contributed by atoms with van der Waals surface area (Å²) in [5.74, 6) is -0.621. The molecule has 0 aliphatic carbocycles. The van der Waals surface area contributed by atoms with E-state index >= 15 is 0 Å². The molecular formula is C8H13BO4. The lowest BCUT2D eigenvalue weighted by molar-refractivity contribution is -0.182. The molecule has 4 atom stereocenters. The van der Waals surface area contributed by atoms with Gasteiger partial charge in [0.2, 0.25) is 0 Å². The first-order valence-electron chi connectivity index (χ1n) is 4.41. The van der Waals surface area contributed by atoms with Crippen molar-refractivity contribution in [3.8, 4) is 0 Å². The molecule has 0 saturated carbocycles. The van der Waals surface area contributed by atoms with Gasteiger partial charge < -0.3 is 19.3 Å². The van der Waals surface area contributed by atoms with E-state index in [1.807, 2.05) is 13.8 Å². The first-order chi connectivity index (χ1) is 6.03. The third-order valence-electron chi connectivity index (χ3n) is 2.37. The lowest BCUT2D eigenvalue weighted by atomic mass is 9.93. The summed E-state index contributed by atoms with van der Waals surface area (Å²) in [4.78, 5) is 0. The van der Waals surface area contributed by atoms with Crippen molar-refractivity contribution in [1.29, 1.82) is 0 Å². The van der Waals surface area contributed by atoms with Gasteiger partial charge in [-0.3, -0.25) is 0 Å². The average molecular weight is 184 g/mol. The Balaban J connectivity index is 2.12. The van der Waals surface area contributed by atoms with Crippen molar-refractivity contribution in [2.24, 2.45) is 0 Å². The van der Waals surface area contributed by atoms with Crippen LogP contribution in [0.4, 0.5) is 0 Å². The van der Waals surface area contributed by atoms with Crippen molar-refractivity contribution >= 4 is 7.85 Å². The molecule has 2 heterocycles. The summed E-state index contributed by atoms with van der Waals surface area (Å²) >= 11 is 0. The molecule has 2 rings (SSSR count). The Bertz CT molecular complexity index is 208. The minimum Gasteiger partial charge on any atom is -0.394 e. The van der Waals surface area contributed by atoms with E-state index in [1.165, 1.54) is 0 Å². The Kier molecular flexibility index (Phi) is 2.15.